The number of rotatable bonds is 8. The number of carbonyl (C=O) groups excluding carboxylic acids is 1. The van der Waals surface area contributed by atoms with E-state index in [2.05, 4.69) is 29.1 Å². The molecular weight excluding hydrogens is 342 g/mol. The van der Waals surface area contributed by atoms with Crippen LogP contribution >= 0.6 is 0 Å². The SMILES string of the molecule is CCCC(CCC)C(=O)N1CCC(Oc2ccc(-n3cccn3)nn2)CC1. The summed E-state index contributed by atoms with van der Waals surface area (Å²) in [5.74, 6) is 1.68. The maximum Gasteiger partial charge on any atom is 0.233 e. The fraction of sp³-hybridized carbons (Fsp3) is 0.600. The van der Waals surface area contributed by atoms with Crippen LogP contribution in [0.25, 0.3) is 5.82 Å². The molecule has 146 valence electrons. The Morgan fingerprint density at radius 3 is 2.48 bits per heavy atom. The van der Waals surface area contributed by atoms with E-state index in [1.165, 1.54) is 0 Å². The van der Waals surface area contributed by atoms with E-state index in [0.29, 0.717) is 17.6 Å². The van der Waals surface area contributed by atoms with Crippen LogP contribution in [-0.4, -0.2) is 50.0 Å². The smallest absolute Gasteiger partial charge is 0.233 e. The van der Waals surface area contributed by atoms with Crippen LogP contribution in [0.3, 0.4) is 0 Å². The van der Waals surface area contributed by atoms with Gasteiger partial charge < -0.3 is 9.64 Å². The largest absolute Gasteiger partial charge is 0.473 e. The van der Waals surface area contributed by atoms with E-state index in [1.807, 2.05) is 29.3 Å². The van der Waals surface area contributed by atoms with Crippen molar-refractivity contribution in [2.45, 2.75) is 58.5 Å². The van der Waals surface area contributed by atoms with Gasteiger partial charge in [-0.15, -0.1) is 10.2 Å². The minimum atomic E-state index is 0.0784. The van der Waals surface area contributed by atoms with Crippen molar-refractivity contribution < 1.29 is 9.53 Å². The topological polar surface area (TPSA) is 73.1 Å². The molecule has 0 radical (unpaired) electrons. The summed E-state index contributed by atoms with van der Waals surface area (Å²) in [6.07, 6.45) is 9.36. The molecule has 27 heavy (non-hydrogen) atoms. The molecule has 1 aliphatic heterocycles. The second-order valence-electron chi connectivity index (χ2n) is 7.10. The summed E-state index contributed by atoms with van der Waals surface area (Å²) < 4.78 is 7.63. The number of nitrogens with zero attached hydrogens (tertiary/aromatic N) is 5. The Hall–Kier alpha value is -2.44. The summed E-state index contributed by atoms with van der Waals surface area (Å²) in [6.45, 7) is 5.81. The predicted molar refractivity (Wildman–Crippen MR) is 103 cm³/mol. The highest BCUT2D eigenvalue weighted by atomic mass is 16.5. The summed E-state index contributed by atoms with van der Waals surface area (Å²) in [5.41, 5.74) is 0. The fourth-order valence-electron chi connectivity index (χ4n) is 3.61. The van der Waals surface area contributed by atoms with Gasteiger partial charge in [0.2, 0.25) is 11.8 Å². The lowest BCUT2D eigenvalue weighted by atomic mass is 9.95. The van der Waals surface area contributed by atoms with E-state index in [0.717, 1.165) is 51.6 Å². The summed E-state index contributed by atoms with van der Waals surface area (Å²) in [5, 5.41) is 12.4. The first-order chi connectivity index (χ1) is 13.2. The van der Waals surface area contributed by atoms with Gasteiger partial charge >= 0.3 is 0 Å². The van der Waals surface area contributed by atoms with Crippen molar-refractivity contribution >= 4 is 5.91 Å². The Balaban J connectivity index is 1.50. The molecule has 0 saturated carbocycles. The first kappa shape index (κ1) is 19.3. The van der Waals surface area contributed by atoms with E-state index in [-0.39, 0.29) is 12.0 Å². The summed E-state index contributed by atoms with van der Waals surface area (Å²) >= 11 is 0. The monoisotopic (exact) mass is 371 g/mol. The molecule has 3 rings (SSSR count). The Bertz CT molecular complexity index is 688. The first-order valence-electron chi connectivity index (χ1n) is 10.0. The molecule has 3 heterocycles. The van der Waals surface area contributed by atoms with Gasteiger partial charge in [0.05, 0.1) is 0 Å². The number of likely N-dealkylation sites (tertiary alicyclic amines) is 1. The molecule has 1 fully saturated rings. The molecule has 0 bridgehead atoms. The molecule has 1 saturated heterocycles. The van der Waals surface area contributed by atoms with E-state index in [9.17, 15) is 4.79 Å². The van der Waals surface area contributed by atoms with Crippen molar-refractivity contribution in [3.63, 3.8) is 0 Å². The minimum absolute atomic E-state index is 0.0784. The number of hydrogen-bond donors (Lipinski definition) is 0. The average Bonchev–Trinajstić information content (AvgIpc) is 3.23. The van der Waals surface area contributed by atoms with Crippen LogP contribution in [0.4, 0.5) is 0 Å². The lowest BCUT2D eigenvalue weighted by Crippen LogP contribution is -2.44. The van der Waals surface area contributed by atoms with Crippen molar-refractivity contribution in [1.29, 1.82) is 0 Å². The Morgan fingerprint density at radius 2 is 1.93 bits per heavy atom. The number of amides is 1. The van der Waals surface area contributed by atoms with Crippen molar-refractivity contribution in [2.24, 2.45) is 5.92 Å². The van der Waals surface area contributed by atoms with Crippen LogP contribution < -0.4 is 4.74 Å². The van der Waals surface area contributed by atoms with Crippen LogP contribution in [0.2, 0.25) is 0 Å². The fourth-order valence-corrected chi connectivity index (χ4v) is 3.61. The third-order valence-corrected chi connectivity index (χ3v) is 5.03. The van der Waals surface area contributed by atoms with Crippen molar-refractivity contribution in [3.8, 4) is 11.7 Å². The van der Waals surface area contributed by atoms with Gasteiger partial charge in [0, 0.05) is 50.3 Å². The molecule has 7 nitrogen and oxygen atoms in total. The average molecular weight is 371 g/mol. The molecule has 1 aliphatic rings. The molecule has 7 heteroatoms. The molecule has 2 aromatic heterocycles. The zero-order valence-corrected chi connectivity index (χ0v) is 16.3. The predicted octanol–water partition coefficient (Wildman–Crippen LogP) is 3.25. The van der Waals surface area contributed by atoms with Gasteiger partial charge in [-0.3, -0.25) is 4.79 Å². The van der Waals surface area contributed by atoms with Gasteiger partial charge in [0.25, 0.3) is 0 Å². The molecule has 0 atom stereocenters. The number of ether oxygens (including phenoxy) is 1. The highest BCUT2D eigenvalue weighted by Crippen LogP contribution is 2.22. The van der Waals surface area contributed by atoms with Gasteiger partial charge in [-0.2, -0.15) is 5.10 Å². The molecule has 0 N–H and O–H groups in total. The zero-order valence-electron chi connectivity index (χ0n) is 16.3. The van der Waals surface area contributed by atoms with Crippen LogP contribution in [0, 0.1) is 5.92 Å². The number of hydrogen-bond acceptors (Lipinski definition) is 5. The highest BCUT2D eigenvalue weighted by molar-refractivity contribution is 5.78. The maximum atomic E-state index is 12.7. The zero-order chi connectivity index (χ0) is 19.1. The van der Waals surface area contributed by atoms with Crippen molar-refractivity contribution in [2.75, 3.05) is 13.1 Å². The summed E-state index contributed by atoms with van der Waals surface area (Å²) in [7, 11) is 0. The van der Waals surface area contributed by atoms with E-state index in [4.69, 9.17) is 4.74 Å². The second kappa shape index (κ2) is 9.48. The lowest BCUT2D eigenvalue weighted by molar-refractivity contribution is -0.137. The molecule has 0 aromatic carbocycles. The molecule has 0 spiro atoms. The molecular formula is C20H29N5O2. The van der Waals surface area contributed by atoms with Gasteiger partial charge in [-0.1, -0.05) is 26.7 Å². The van der Waals surface area contributed by atoms with Gasteiger partial charge in [0.1, 0.15) is 6.10 Å². The van der Waals surface area contributed by atoms with Gasteiger partial charge in [0.15, 0.2) is 5.82 Å². The number of aromatic nitrogens is 4. The Kier molecular flexibility index (Phi) is 6.79. The van der Waals surface area contributed by atoms with Crippen LogP contribution in [0.15, 0.2) is 30.6 Å². The third kappa shape index (κ3) is 5.05. The third-order valence-electron chi connectivity index (χ3n) is 5.03. The standard InChI is InChI=1S/C20H29N5O2/c1-3-6-16(7-4-2)20(26)24-14-10-17(11-15-24)27-19-9-8-18(22-23-19)25-13-5-12-21-25/h5,8-9,12-13,16-17H,3-4,6-7,10-11,14-15H2,1-2H3. The summed E-state index contributed by atoms with van der Waals surface area (Å²) in [4.78, 5) is 14.8. The first-order valence-corrected chi connectivity index (χ1v) is 10.0. The van der Waals surface area contributed by atoms with E-state index in [1.54, 1.807) is 10.9 Å². The molecule has 1 amide bonds. The van der Waals surface area contributed by atoms with Crippen molar-refractivity contribution in [1.82, 2.24) is 24.9 Å². The van der Waals surface area contributed by atoms with E-state index >= 15 is 0 Å². The second-order valence-corrected chi connectivity index (χ2v) is 7.10. The Morgan fingerprint density at radius 1 is 1.19 bits per heavy atom. The van der Waals surface area contributed by atoms with Crippen LogP contribution in [0.1, 0.15) is 52.4 Å². The van der Waals surface area contributed by atoms with Crippen LogP contribution in [-0.2, 0) is 4.79 Å². The minimum Gasteiger partial charge on any atom is -0.473 e. The van der Waals surface area contributed by atoms with Crippen molar-refractivity contribution in [3.05, 3.63) is 30.6 Å². The summed E-state index contributed by atoms with van der Waals surface area (Å²) in [6, 6.07) is 5.50. The Labute approximate surface area is 160 Å². The maximum absolute atomic E-state index is 12.7. The lowest BCUT2D eigenvalue weighted by Gasteiger charge is -2.34. The normalized spacial score (nSPS) is 15.3. The molecule has 0 unspecified atom stereocenters. The number of carbonyl (C=O) groups is 1. The molecule has 2 aromatic rings. The number of piperidine rings is 1. The molecule has 0 aliphatic carbocycles. The van der Waals surface area contributed by atoms with Gasteiger partial charge in [-0.25, -0.2) is 4.68 Å². The van der Waals surface area contributed by atoms with Gasteiger partial charge in [-0.05, 0) is 25.0 Å². The van der Waals surface area contributed by atoms with Crippen LogP contribution in [0.5, 0.6) is 5.88 Å². The quantitative estimate of drug-likeness (QED) is 0.712. The van der Waals surface area contributed by atoms with E-state index < -0.39 is 0 Å². The highest BCUT2D eigenvalue weighted by Gasteiger charge is 2.28.